The molecule has 1 aromatic heterocycles. The van der Waals surface area contributed by atoms with E-state index < -0.39 is 23.5 Å². The average molecular weight is 628 g/mol. The van der Waals surface area contributed by atoms with Crippen LogP contribution in [0.3, 0.4) is 0 Å². The van der Waals surface area contributed by atoms with E-state index in [9.17, 15) is 26.3 Å². The lowest BCUT2D eigenvalue weighted by atomic mass is 10.00. The van der Waals surface area contributed by atoms with Gasteiger partial charge in [-0.2, -0.15) is 36.6 Å². The van der Waals surface area contributed by atoms with Crippen LogP contribution < -0.4 is 10.1 Å². The molecule has 40 heavy (non-hydrogen) atoms. The Labute approximate surface area is 235 Å². The molecule has 2 heterocycles. The third kappa shape index (κ3) is 7.03. The van der Waals surface area contributed by atoms with Crippen LogP contribution in [-0.4, -0.2) is 34.0 Å². The maximum Gasteiger partial charge on any atom is 0.416 e. The molecule has 0 atom stereocenters. The predicted molar refractivity (Wildman–Crippen MR) is 139 cm³/mol. The van der Waals surface area contributed by atoms with Crippen molar-refractivity contribution >= 4 is 21.9 Å². The summed E-state index contributed by atoms with van der Waals surface area (Å²) in [5, 5.41) is 12.4. The standard InChI is InChI=1S/C27H24BrF6N5O/c1-15-9-17(12-35)10-16(2)23(15)40-24-22(28)13-36-25(38-24)37-20-5-7-39(8-6-20)14-18-3-4-19(26(29,30)31)11-21(18)27(32,33)34/h3-4,9-11,13,20H,5-8,14H2,1-2H3,(H,36,37,38). The maximum absolute atomic E-state index is 13.5. The maximum atomic E-state index is 13.5. The highest BCUT2D eigenvalue weighted by atomic mass is 79.9. The first-order chi connectivity index (χ1) is 18.7. The zero-order chi connectivity index (χ0) is 29.2. The Bertz CT molecular complexity index is 1410. The van der Waals surface area contributed by atoms with Gasteiger partial charge in [0, 0.05) is 25.7 Å². The number of likely N-dealkylation sites (tertiary alicyclic amines) is 1. The largest absolute Gasteiger partial charge is 0.437 e. The molecular weight excluding hydrogens is 604 g/mol. The summed E-state index contributed by atoms with van der Waals surface area (Å²) in [5.41, 5.74) is -0.736. The van der Waals surface area contributed by atoms with Gasteiger partial charge < -0.3 is 10.1 Å². The molecule has 2 aromatic carbocycles. The second-order valence-corrected chi connectivity index (χ2v) is 10.4. The second-order valence-electron chi connectivity index (χ2n) is 9.56. The van der Waals surface area contributed by atoms with Crippen LogP contribution in [0.2, 0.25) is 0 Å². The van der Waals surface area contributed by atoms with Crippen LogP contribution in [0, 0.1) is 25.2 Å². The van der Waals surface area contributed by atoms with E-state index in [4.69, 9.17) is 10.00 Å². The lowest BCUT2D eigenvalue weighted by Gasteiger charge is -2.33. The van der Waals surface area contributed by atoms with Gasteiger partial charge >= 0.3 is 12.4 Å². The van der Waals surface area contributed by atoms with Gasteiger partial charge in [-0.25, -0.2) is 4.98 Å². The molecule has 1 aliphatic heterocycles. The van der Waals surface area contributed by atoms with Crippen molar-refractivity contribution in [1.82, 2.24) is 14.9 Å². The molecule has 0 unspecified atom stereocenters. The van der Waals surface area contributed by atoms with E-state index in [1.807, 2.05) is 13.8 Å². The molecule has 13 heteroatoms. The number of aromatic nitrogens is 2. The molecule has 6 nitrogen and oxygen atoms in total. The molecule has 1 aliphatic rings. The molecule has 0 saturated carbocycles. The topological polar surface area (TPSA) is 74.1 Å². The molecule has 1 N–H and O–H groups in total. The van der Waals surface area contributed by atoms with Gasteiger partial charge in [0.25, 0.3) is 0 Å². The molecule has 0 spiro atoms. The number of hydrogen-bond donors (Lipinski definition) is 1. The Morgan fingerprint density at radius 2 is 1.70 bits per heavy atom. The van der Waals surface area contributed by atoms with E-state index in [0.717, 1.165) is 17.2 Å². The molecule has 0 bridgehead atoms. The summed E-state index contributed by atoms with van der Waals surface area (Å²) >= 11 is 3.39. The number of ether oxygens (including phenoxy) is 1. The van der Waals surface area contributed by atoms with Crippen molar-refractivity contribution in [2.24, 2.45) is 0 Å². The highest BCUT2D eigenvalue weighted by Gasteiger charge is 2.38. The van der Waals surface area contributed by atoms with Crippen molar-refractivity contribution in [2.45, 2.75) is 51.6 Å². The van der Waals surface area contributed by atoms with Crippen molar-refractivity contribution in [1.29, 1.82) is 5.26 Å². The van der Waals surface area contributed by atoms with Crippen molar-refractivity contribution in [2.75, 3.05) is 18.4 Å². The van der Waals surface area contributed by atoms with Gasteiger partial charge in [-0.1, -0.05) is 6.07 Å². The fraction of sp³-hybridized carbons (Fsp3) is 0.370. The minimum atomic E-state index is -4.90. The smallest absolute Gasteiger partial charge is 0.416 e. The number of nitrogens with zero attached hydrogens (tertiary/aromatic N) is 4. The number of halogens is 7. The third-order valence-corrected chi connectivity index (χ3v) is 7.10. The Hall–Kier alpha value is -3.37. The van der Waals surface area contributed by atoms with Gasteiger partial charge in [-0.15, -0.1) is 0 Å². The molecular formula is C27H24BrF6N5O. The highest BCUT2D eigenvalue weighted by molar-refractivity contribution is 9.10. The third-order valence-electron chi connectivity index (χ3n) is 6.56. The van der Waals surface area contributed by atoms with Crippen LogP contribution >= 0.6 is 15.9 Å². The Morgan fingerprint density at radius 1 is 1.05 bits per heavy atom. The molecule has 4 rings (SSSR count). The number of alkyl halides is 6. The zero-order valence-electron chi connectivity index (χ0n) is 21.4. The minimum absolute atomic E-state index is 0.0710. The van der Waals surface area contributed by atoms with Crippen LogP contribution in [0.15, 0.2) is 41.0 Å². The van der Waals surface area contributed by atoms with Gasteiger partial charge in [-0.05, 0) is 83.6 Å². The average Bonchev–Trinajstić information content (AvgIpc) is 2.88. The number of benzene rings is 2. The number of anilines is 1. The number of aryl methyl sites for hydroxylation is 2. The Kier molecular flexibility index (Phi) is 8.60. The van der Waals surface area contributed by atoms with Crippen LogP contribution in [-0.2, 0) is 18.9 Å². The first-order valence-electron chi connectivity index (χ1n) is 12.2. The Morgan fingerprint density at radius 3 is 2.27 bits per heavy atom. The molecule has 0 aliphatic carbocycles. The summed E-state index contributed by atoms with van der Waals surface area (Å²) in [4.78, 5) is 10.5. The van der Waals surface area contributed by atoms with Crippen molar-refractivity contribution in [3.05, 3.63) is 74.4 Å². The summed E-state index contributed by atoms with van der Waals surface area (Å²) in [6, 6.07) is 7.23. The lowest BCUT2D eigenvalue weighted by molar-refractivity contribution is -0.143. The van der Waals surface area contributed by atoms with E-state index in [0.29, 0.717) is 53.7 Å². The summed E-state index contributed by atoms with van der Waals surface area (Å²) in [5.74, 6) is 1.15. The van der Waals surface area contributed by atoms with E-state index in [1.54, 1.807) is 17.0 Å². The summed E-state index contributed by atoms with van der Waals surface area (Å²) in [7, 11) is 0. The molecule has 0 amide bonds. The van der Waals surface area contributed by atoms with Crippen LogP contribution in [0.25, 0.3) is 0 Å². The molecule has 3 aromatic rings. The van der Waals surface area contributed by atoms with Crippen molar-refractivity contribution in [3.8, 4) is 17.7 Å². The van der Waals surface area contributed by atoms with Gasteiger partial charge in [0.2, 0.25) is 11.8 Å². The normalized spacial score (nSPS) is 15.1. The number of piperidine rings is 1. The molecule has 1 fully saturated rings. The van der Waals surface area contributed by atoms with Gasteiger partial charge in [0.1, 0.15) is 5.75 Å². The summed E-state index contributed by atoms with van der Waals surface area (Å²) < 4.78 is 86.0. The first kappa shape index (κ1) is 29.6. The van der Waals surface area contributed by atoms with Crippen molar-refractivity contribution < 1.29 is 31.1 Å². The Balaban J connectivity index is 1.40. The molecule has 1 saturated heterocycles. The van der Waals surface area contributed by atoms with E-state index in [2.05, 4.69) is 37.3 Å². The van der Waals surface area contributed by atoms with E-state index in [-0.39, 0.29) is 30.1 Å². The molecule has 212 valence electrons. The predicted octanol–water partition coefficient (Wildman–Crippen LogP) is 7.63. The SMILES string of the molecule is Cc1cc(C#N)cc(C)c1Oc1nc(NC2CCN(Cc3ccc(C(F)(F)F)cc3C(F)(F)F)CC2)ncc1Br. The first-order valence-corrected chi connectivity index (χ1v) is 13.0. The molecule has 0 radical (unpaired) electrons. The van der Waals surface area contributed by atoms with Crippen molar-refractivity contribution in [3.63, 3.8) is 0 Å². The van der Waals surface area contributed by atoms with E-state index >= 15 is 0 Å². The van der Waals surface area contributed by atoms with E-state index in [1.165, 1.54) is 6.20 Å². The lowest BCUT2D eigenvalue weighted by Crippen LogP contribution is -2.39. The van der Waals surface area contributed by atoms with Crippen LogP contribution in [0.5, 0.6) is 11.6 Å². The number of hydrogen-bond acceptors (Lipinski definition) is 6. The van der Waals surface area contributed by atoms with Gasteiger partial charge in [0.15, 0.2) is 0 Å². The van der Waals surface area contributed by atoms with Crippen LogP contribution in [0.4, 0.5) is 32.3 Å². The van der Waals surface area contributed by atoms with Crippen LogP contribution in [0.1, 0.15) is 46.2 Å². The fourth-order valence-electron chi connectivity index (χ4n) is 4.58. The highest BCUT2D eigenvalue weighted by Crippen LogP contribution is 2.38. The number of rotatable bonds is 6. The number of nitrogens with one attached hydrogen (secondary N) is 1. The summed E-state index contributed by atoms with van der Waals surface area (Å²) in [6.07, 6.45) is -7.10. The minimum Gasteiger partial charge on any atom is -0.437 e. The zero-order valence-corrected chi connectivity index (χ0v) is 23.0. The van der Waals surface area contributed by atoms with Gasteiger partial charge in [-0.3, -0.25) is 4.90 Å². The number of nitriles is 1. The monoisotopic (exact) mass is 627 g/mol. The quantitative estimate of drug-likeness (QED) is 0.283. The fourth-order valence-corrected chi connectivity index (χ4v) is 4.85. The van der Waals surface area contributed by atoms with Gasteiger partial charge in [0.05, 0.1) is 33.4 Å². The second kappa shape index (κ2) is 11.6. The summed E-state index contributed by atoms with van der Waals surface area (Å²) in [6.45, 7) is 4.40.